The summed E-state index contributed by atoms with van der Waals surface area (Å²) in [5.41, 5.74) is -1.06. The van der Waals surface area contributed by atoms with E-state index in [1.807, 2.05) is 0 Å². The standard InChI is InChI=1S/C14H25N3O3/c1-10-9-16(3)8-5-11(10)15-13(20)17-7-4-6-14(17,2)12(18)19/h10-11H,4-9H2,1-3H3,(H,15,20)(H,18,19). The summed E-state index contributed by atoms with van der Waals surface area (Å²) in [5.74, 6) is -0.530. The molecule has 0 aromatic carbocycles. The van der Waals surface area contributed by atoms with Crippen LogP contribution in [0.5, 0.6) is 0 Å². The first-order valence-electron chi connectivity index (χ1n) is 7.34. The first-order chi connectivity index (χ1) is 9.34. The molecule has 2 N–H and O–H groups in total. The fraction of sp³-hybridized carbons (Fsp3) is 0.857. The van der Waals surface area contributed by atoms with Crippen LogP contribution in [0.2, 0.25) is 0 Å². The number of nitrogens with one attached hydrogen (secondary N) is 1. The average molecular weight is 283 g/mol. The summed E-state index contributed by atoms with van der Waals surface area (Å²) < 4.78 is 0. The van der Waals surface area contributed by atoms with Gasteiger partial charge in [-0.25, -0.2) is 9.59 Å². The van der Waals surface area contributed by atoms with Gasteiger partial charge in [-0.15, -0.1) is 0 Å². The molecule has 2 heterocycles. The fourth-order valence-corrected chi connectivity index (χ4v) is 3.32. The minimum absolute atomic E-state index is 0.136. The van der Waals surface area contributed by atoms with Crippen molar-refractivity contribution >= 4 is 12.0 Å². The van der Waals surface area contributed by atoms with Crippen LogP contribution in [0.25, 0.3) is 0 Å². The predicted octanol–water partition coefficient (Wildman–Crippen LogP) is 0.975. The molecule has 0 saturated carbocycles. The summed E-state index contributed by atoms with van der Waals surface area (Å²) in [7, 11) is 2.08. The molecule has 2 saturated heterocycles. The van der Waals surface area contributed by atoms with Gasteiger partial charge in [0.25, 0.3) is 0 Å². The molecule has 0 aromatic rings. The van der Waals surface area contributed by atoms with Gasteiger partial charge in [0.1, 0.15) is 5.54 Å². The molecule has 2 fully saturated rings. The highest BCUT2D eigenvalue weighted by Gasteiger charge is 2.46. The summed E-state index contributed by atoms with van der Waals surface area (Å²) in [6.07, 6.45) is 2.19. The smallest absolute Gasteiger partial charge is 0.329 e. The van der Waals surface area contributed by atoms with Crippen LogP contribution in [0.15, 0.2) is 0 Å². The molecule has 2 aliphatic rings. The molecule has 0 bridgehead atoms. The Hall–Kier alpha value is -1.30. The summed E-state index contributed by atoms with van der Waals surface area (Å²) in [6, 6.07) is -0.0915. The van der Waals surface area contributed by atoms with E-state index in [1.54, 1.807) is 6.92 Å². The number of amides is 2. The van der Waals surface area contributed by atoms with Crippen LogP contribution >= 0.6 is 0 Å². The second-order valence-electron chi connectivity index (χ2n) is 6.42. The zero-order valence-electron chi connectivity index (χ0n) is 12.6. The van der Waals surface area contributed by atoms with Gasteiger partial charge in [0.2, 0.25) is 0 Å². The average Bonchev–Trinajstić information content (AvgIpc) is 2.76. The number of carboxylic acid groups (broad SMARTS) is 1. The van der Waals surface area contributed by atoms with Crippen molar-refractivity contribution in [1.29, 1.82) is 0 Å². The number of nitrogens with zero attached hydrogens (tertiary/aromatic N) is 2. The Balaban J connectivity index is 2.00. The van der Waals surface area contributed by atoms with E-state index in [-0.39, 0.29) is 12.1 Å². The fourth-order valence-electron chi connectivity index (χ4n) is 3.32. The molecule has 0 aromatic heterocycles. The number of urea groups is 1. The van der Waals surface area contributed by atoms with Gasteiger partial charge in [-0.05, 0) is 45.7 Å². The van der Waals surface area contributed by atoms with Crippen LogP contribution in [0.4, 0.5) is 4.79 Å². The number of carbonyl (C=O) groups is 2. The maximum Gasteiger partial charge on any atom is 0.329 e. The lowest BCUT2D eigenvalue weighted by atomic mass is 9.94. The second-order valence-corrected chi connectivity index (χ2v) is 6.42. The Morgan fingerprint density at radius 2 is 2.05 bits per heavy atom. The first-order valence-corrected chi connectivity index (χ1v) is 7.34. The molecule has 0 aliphatic carbocycles. The maximum atomic E-state index is 12.4. The van der Waals surface area contributed by atoms with Crippen molar-refractivity contribution in [2.75, 3.05) is 26.7 Å². The van der Waals surface area contributed by atoms with Gasteiger partial charge in [-0.3, -0.25) is 0 Å². The zero-order valence-corrected chi connectivity index (χ0v) is 12.6. The maximum absolute atomic E-state index is 12.4. The molecule has 3 unspecified atom stereocenters. The third-order valence-corrected chi connectivity index (χ3v) is 4.76. The molecule has 3 atom stereocenters. The normalized spacial score (nSPS) is 35.0. The molecule has 0 radical (unpaired) electrons. The van der Waals surface area contributed by atoms with Crippen LogP contribution in [-0.2, 0) is 4.79 Å². The number of likely N-dealkylation sites (tertiary alicyclic amines) is 2. The van der Waals surface area contributed by atoms with Crippen molar-refractivity contribution in [3.63, 3.8) is 0 Å². The Labute approximate surface area is 120 Å². The highest BCUT2D eigenvalue weighted by molar-refractivity contribution is 5.86. The summed E-state index contributed by atoms with van der Waals surface area (Å²) in [5, 5.41) is 12.4. The lowest BCUT2D eigenvalue weighted by Gasteiger charge is -2.38. The Morgan fingerprint density at radius 1 is 1.35 bits per heavy atom. The van der Waals surface area contributed by atoms with E-state index in [9.17, 15) is 14.7 Å². The summed E-state index contributed by atoms with van der Waals surface area (Å²) >= 11 is 0. The Kier molecular flexibility index (Phi) is 4.22. The minimum atomic E-state index is -1.06. The van der Waals surface area contributed by atoms with Crippen LogP contribution < -0.4 is 5.32 Å². The van der Waals surface area contributed by atoms with Gasteiger partial charge in [0.05, 0.1) is 0 Å². The Bertz CT molecular complexity index is 401. The predicted molar refractivity (Wildman–Crippen MR) is 75.6 cm³/mol. The molecule has 2 rings (SSSR count). The second kappa shape index (κ2) is 5.60. The summed E-state index contributed by atoms with van der Waals surface area (Å²) in [6.45, 7) is 6.21. The van der Waals surface area contributed by atoms with E-state index in [1.165, 1.54) is 4.90 Å². The number of rotatable bonds is 2. The largest absolute Gasteiger partial charge is 0.480 e. The zero-order chi connectivity index (χ0) is 14.9. The van der Waals surface area contributed by atoms with Gasteiger partial charge in [-0.1, -0.05) is 6.92 Å². The Morgan fingerprint density at radius 3 is 2.65 bits per heavy atom. The third kappa shape index (κ3) is 2.75. The number of carboxylic acids is 1. The van der Waals surface area contributed by atoms with Crippen molar-refractivity contribution in [2.45, 2.75) is 44.7 Å². The number of piperidine rings is 1. The number of aliphatic carboxylic acids is 1. The van der Waals surface area contributed by atoms with Gasteiger partial charge in [-0.2, -0.15) is 0 Å². The lowest BCUT2D eigenvalue weighted by molar-refractivity contribution is -0.147. The molecule has 0 spiro atoms. The van der Waals surface area contributed by atoms with Crippen LogP contribution in [-0.4, -0.2) is 65.2 Å². The molecule has 6 nitrogen and oxygen atoms in total. The molecule has 2 aliphatic heterocycles. The topological polar surface area (TPSA) is 72.9 Å². The number of carbonyl (C=O) groups excluding carboxylic acids is 1. The van der Waals surface area contributed by atoms with E-state index in [2.05, 4.69) is 24.2 Å². The van der Waals surface area contributed by atoms with Crippen molar-refractivity contribution < 1.29 is 14.7 Å². The SMILES string of the molecule is CC1CN(C)CCC1NC(=O)N1CCCC1(C)C(=O)O. The van der Waals surface area contributed by atoms with E-state index in [4.69, 9.17) is 0 Å². The highest BCUT2D eigenvalue weighted by Crippen LogP contribution is 2.29. The van der Waals surface area contributed by atoms with Crippen molar-refractivity contribution in [2.24, 2.45) is 5.92 Å². The molecule has 20 heavy (non-hydrogen) atoms. The van der Waals surface area contributed by atoms with Crippen LogP contribution in [0.3, 0.4) is 0 Å². The van der Waals surface area contributed by atoms with Crippen molar-refractivity contribution in [3.05, 3.63) is 0 Å². The summed E-state index contributed by atoms with van der Waals surface area (Å²) in [4.78, 5) is 27.5. The number of hydrogen-bond donors (Lipinski definition) is 2. The minimum Gasteiger partial charge on any atom is -0.480 e. The highest BCUT2D eigenvalue weighted by atomic mass is 16.4. The van der Waals surface area contributed by atoms with Crippen LogP contribution in [0, 0.1) is 5.92 Å². The van der Waals surface area contributed by atoms with E-state index < -0.39 is 11.5 Å². The molecule has 2 amide bonds. The molecular weight excluding hydrogens is 258 g/mol. The molecule has 6 heteroatoms. The van der Waals surface area contributed by atoms with Crippen molar-refractivity contribution in [3.8, 4) is 0 Å². The van der Waals surface area contributed by atoms with Crippen LogP contribution in [0.1, 0.15) is 33.1 Å². The monoisotopic (exact) mass is 283 g/mol. The molecule has 114 valence electrons. The van der Waals surface area contributed by atoms with Gasteiger partial charge in [0, 0.05) is 19.1 Å². The van der Waals surface area contributed by atoms with Gasteiger partial charge in [0.15, 0.2) is 0 Å². The number of hydrogen-bond acceptors (Lipinski definition) is 3. The van der Waals surface area contributed by atoms with E-state index in [0.717, 1.165) is 25.9 Å². The lowest BCUT2D eigenvalue weighted by Crippen LogP contribution is -2.58. The third-order valence-electron chi connectivity index (χ3n) is 4.76. The van der Waals surface area contributed by atoms with Gasteiger partial charge < -0.3 is 20.2 Å². The van der Waals surface area contributed by atoms with Crippen molar-refractivity contribution in [1.82, 2.24) is 15.1 Å². The quantitative estimate of drug-likeness (QED) is 0.792. The van der Waals surface area contributed by atoms with E-state index >= 15 is 0 Å². The van der Waals surface area contributed by atoms with Gasteiger partial charge >= 0.3 is 12.0 Å². The molecular formula is C14H25N3O3. The first kappa shape index (κ1) is 15.1. The van der Waals surface area contributed by atoms with E-state index in [0.29, 0.717) is 18.9 Å².